The second-order valence-electron chi connectivity index (χ2n) is 6.62. The Morgan fingerprint density at radius 1 is 1.12 bits per heavy atom. The maximum absolute atomic E-state index is 11.8. The summed E-state index contributed by atoms with van der Waals surface area (Å²) in [5.74, 6) is -0.0551. The molecule has 1 saturated heterocycles. The van der Waals surface area contributed by atoms with Crippen LogP contribution in [0.15, 0.2) is 24.3 Å². The number of nitrogens with zero attached hydrogens (tertiary/aromatic N) is 1. The van der Waals surface area contributed by atoms with Crippen LogP contribution in [0, 0.1) is 0 Å². The Kier molecular flexibility index (Phi) is 9.99. The van der Waals surface area contributed by atoms with Gasteiger partial charge >= 0.3 is 0 Å². The van der Waals surface area contributed by atoms with Gasteiger partial charge < -0.3 is 11.1 Å². The van der Waals surface area contributed by atoms with E-state index in [4.69, 9.17) is 5.73 Å². The molecule has 0 saturated carbocycles. The van der Waals surface area contributed by atoms with Crippen LogP contribution in [0.4, 0.5) is 0 Å². The van der Waals surface area contributed by atoms with Crippen LogP contribution in [-0.4, -0.2) is 29.9 Å². The van der Waals surface area contributed by atoms with Gasteiger partial charge in [-0.3, -0.25) is 9.69 Å². The van der Waals surface area contributed by atoms with Gasteiger partial charge in [-0.1, -0.05) is 50.5 Å². The third-order valence-electron chi connectivity index (χ3n) is 4.53. The predicted molar refractivity (Wildman–Crippen MR) is 102 cm³/mol. The van der Waals surface area contributed by atoms with Gasteiger partial charge in [-0.25, -0.2) is 0 Å². The molecular formula is C19H32ClN3O. The second-order valence-corrected chi connectivity index (χ2v) is 6.62. The summed E-state index contributed by atoms with van der Waals surface area (Å²) in [4.78, 5) is 14.4. The van der Waals surface area contributed by atoms with E-state index in [9.17, 15) is 4.79 Å². The molecule has 1 aromatic rings. The minimum absolute atomic E-state index is 0. The van der Waals surface area contributed by atoms with E-state index in [2.05, 4.69) is 34.5 Å². The van der Waals surface area contributed by atoms with Crippen LogP contribution >= 0.6 is 12.4 Å². The number of hydrogen-bond acceptors (Lipinski definition) is 3. The molecule has 3 N–H and O–H groups in total. The Morgan fingerprint density at radius 3 is 2.29 bits per heavy atom. The molecule has 4 nitrogen and oxygen atoms in total. The molecule has 2 rings (SSSR count). The van der Waals surface area contributed by atoms with Crippen molar-refractivity contribution in [3.8, 4) is 0 Å². The highest BCUT2D eigenvalue weighted by atomic mass is 35.5. The highest BCUT2D eigenvalue weighted by molar-refractivity contribution is 5.85. The molecule has 1 aromatic carbocycles. The van der Waals surface area contributed by atoms with Crippen molar-refractivity contribution in [2.24, 2.45) is 5.73 Å². The van der Waals surface area contributed by atoms with Crippen LogP contribution in [0.2, 0.25) is 0 Å². The molecule has 1 atom stereocenters. The smallest absolute Gasteiger partial charge is 0.237 e. The number of hydrogen-bond donors (Lipinski definition) is 2. The number of benzene rings is 1. The first-order valence-corrected chi connectivity index (χ1v) is 9.02. The van der Waals surface area contributed by atoms with Gasteiger partial charge in [0.25, 0.3) is 0 Å². The lowest BCUT2D eigenvalue weighted by molar-refractivity contribution is -0.122. The van der Waals surface area contributed by atoms with Crippen LogP contribution < -0.4 is 11.1 Å². The molecule has 136 valence electrons. The fourth-order valence-electron chi connectivity index (χ4n) is 3.08. The third-order valence-corrected chi connectivity index (χ3v) is 4.53. The standard InChI is InChI=1S/C19H31N3O.ClH/c1-2-7-18(20)19(23)21-14-16-8-10-17(11-9-16)15-22-12-5-3-4-6-13-22;/h8-11,18H,2-7,12-15,20H2,1H3,(H,21,23);1H. The molecule has 24 heavy (non-hydrogen) atoms. The number of carbonyl (C=O) groups is 1. The number of halogens is 1. The van der Waals surface area contributed by atoms with Gasteiger partial charge in [-0.05, 0) is 43.5 Å². The summed E-state index contributed by atoms with van der Waals surface area (Å²) < 4.78 is 0. The summed E-state index contributed by atoms with van der Waals surface area (Å²) in [5, 5.41) is 2.92. The highest BCUT2D eigenvalue weighted by Crippen LogP contribution is 2.14. The Labute approximate surface area is 152 Å². The normalized spacial score (nSPS) is 16.8. The molecule has 1 aliphatic heterocycles. The van der Waals surface area contributed by atoms with Crippen molar-refractivity contribution < 1.29 is 4.79 Å². The van der Waals surface area contributed by atoms with E-state index in [1.807, 2.05) is 6.92 Å². The number of likely N-dealkylation sites (tertiary alicyclic amines) is 1. The fraction of sp³-hybridized carbons (Fsp3) is 0.632. The van der Waals surface area contributed by atoms with E-state index in [1.165, 1.54) is 44.3 Å². The molecule has 1 aliphatic rings. The molecule has 1 amide bonds. The minimum Gasteiger partial charge on any atom is -0.351 e. The fourth-order valence-corrected chi connectivity index (χ4v) is 3.08. The summed E-state index contributed by atoms with van der Waals surface area (Å²) in [6.45, 7) is 6.06. The van der Waals surface area contributed by atoms with Crippen LogP contribution in [-0.2, 0) is 17.9 Å². The number of nitrogens with two attached hydrogens (primary N) is 1. The molecule has 1 fully saturated rings. The zero-order valence-electron chi connectivity index (χ0n) is 14.8. The van der Waals surface area contributed by atoms with Crippen molar-refractivity contribution in [1.29, 1.82) is 0 Å². The van der Waals surface area contributed by atoms with Crippen molar-refractivity contribution in [2.45, 2.75) is 64.6 Å². The molecule has 5 heteroatoms. The average molecular weight is 354 g/mol. The van der Waals surface area contributed by atoms with E-state index < -0.39 is 0 Å². The van der Waals surface area contributed by atoms with Gasteiger partial charge in [0.05, 0.1) is 6.04 Å². The molecule has 0 aliphatic carbocycles. The maximum Gasteiger partial charge on any atom is 0.237 e. The quantitative estimate of drug-likeness (QED) is 0.791. The van der Waals surface area contributed by atoms with Crippen molar-refractivity contribution in [3.05, 3.63) is 35.4 Å². The van der Waals surface area contributed by atoms with E-state index in [-0.39, 0.29) is 24.4 Å². The topological polar surface area (TPSA) is 58.4 Å². The Balaban J connectivity index is 0.00000288. The van der Waals surface area contributed by atoms with Crippen molar-refractivity contribution >= 4 is 18.3 Å². The first-order valence-electron chi connectivity index (χ1n) is 9.02. The van der Waals surface area contributed by atoms with Gasteiger partial charge in [-0.2, -0.15) is 0 Å². The number of rotatable bonds is 7. The predicted octanol–water partition coefficient (Wildman–Crippen LogP) is 3.23. The van der Waals surface area contributed by atoms with Gasteiger partial charge in [0, 0.05) is 13.1 Å². The monoisotopic (exact) mass is 353 g/mol. The van der Waals surface area contributed by atoms with Crippen molar-refractivity contribution in [1.82, 2.24) is 10.2 Å². The van der Waals surface area contributed by atoms with E-state index in [0.717, 1.165) is 24.9 Å². The van der Waals surface area contributed by atoms with Crippen LogP contribution in [0.5, 0.6) is 0 Å². The Hall–Kier alpha value is -1.10. The Morgan fingerprint density at radius 2 is 1.71 bits per heavy atom. The zero-order valence-corrected chi connectivity index (χ0v) is 15.6. The lowest BCUT2D eigenvalue weighted by Gasteiger charge is -2.19. The van der Waals surface area contributed by atoms with Gasteiger partial charge in [0.2, 0.25) is 5.91 Å². The zero-order chi connectivity index (χ0) is 16.5. The molecule has 1 heterocycles. The molecule has 0 spiro atoms. The first-order chi connectivity index (χ1) is 11.2. The van der Waals surface area contributed by atoms with Crippen molar-refractivity contribution in [2.75, 3.05) is 13.1 Å². The summed E-state index contributed by atoms with van der Waals surface area (Å²) in [6, 6.07) is 8.19. The number of carbonyl (C=O) groups excluding carboxylic acids is 1. The summed E-state index contributed by atoms with van der Waals surface area (Å²) >= 11 is 0. The maximum atomic E-state index is 11.8. The van der Waals surface area contributed by atoms with Crippen LogP contribution in [0.3, 0.4) is 0 Å². The molecule has 1 unspecified atom stereocenters. The molecule has 0 aromatic heterocycles. The lowest BCUT2D eigenvalue weighted by atomic mass is 10.1. The van der Waals surface area contributed by atoms with Crippen LogP contribution in [0.25, 0.3) is 0 Å². The SMILES string of the molecule is CCCC(N)C(=O)NCc1ccc(CN2CCCCCC2)cc1.Cl. The van der Waals surface area contributed by atoms with Crippen LogP contribution in [0.1, 0.15) is 56.6 Å². The molecular weight excluding hydrogens is 322 g/mol. The van der Waals surface area contributed by atoms with Crippen molar-refractivity contribution in [3.63, 3.8) is 0 Å². The minimum atomic E-state index is -0.387. The summed E-state index contributed by atoms with van der Waals surface area (Å²) in [5.41, 5.74) is 8.29. The number of nitrogens with one attached hydrogen (secondary N) is 1. The average Bonchev–Trinajstić information content (AvgIpc) is 2.83. The Bertz CT molecular complexity index is 470. The molecule has 0 radical (unpaired) electrons. The van der Waals surface area contributed by atoms with E-state index in [1.54, 1.807) is 0 Å². The number of amides is 1. The summed E-state index contributed by atoms with van der Waals surface area (Å²) in [6.07, 6.45) is 7.05. The first kappa shape index (κ1) is 20.9. The third kappa shape index (κ3) is 7.20. The lowest BCUT2D eigenvalue weighted by Crippen LogP contribution is -2.40. The van der Waals surface area contributed by atoms with E-state index >= 15 is 0 Å². The summed E-state index contributed by atoms with van der Waals surface area (Å²) in [7, 11) is 0. The van der Waals surface area contributed by atoms with Gasteiger partial charge in [0.15, 0.2) is 0 Å². The van der Waals surface area contributed by atoms with Gasteiger partial charge in [0.1, 0.15) is 0 Å². The second kappa shape index (κ2) is 11.5. The van der Waals surface area contributed by atoms with E-state index in [0.29, 0.717) is 6.54 Å². The van der Waals surface area contributed by atoms with Gasteiger partial charge in [-0.15, -0.1) is 12.4 Å². The highest BCUT2D eigenvalue weighted by Gasteiger charge is 2.12. The largest absolute Gasteiger partial charge is 0.351 e. The molecule has 0 bridgehead atoms.